The third-order valence-corrected chi connectivity index (χ3v) is 16.2. The van der Waals surface area contributed by atoms with Gasteiger partial charge in [0.2, 0.25) is 0 Å². The zero-order valence-corrected chi connectivity index (χ0v) is 31.9. The van der Waals surface area contributed by atoms with Crippen molar-refractivity contribution in [2.45, 2.75) is 72.0 Å². The van der Waals surface area contributed by atoms with E-state index in [-0.39, 0.29) is 12.2 Å². The van der Waals surface area contributed by atoms with Crippen LogP contribution in [0, 0.1) is 27.7 Å². The lowest BCUT2D eigenvalue weighted by molar-refractivity contribution is 0.189. The van der Waals surface area contributed by atoms with Crippen LogP contribution in [-0.2, 0) is 12.8 Å². The largest absolute Gasteiger partial charge is 0.489 e. The maximum absolute atomic E-state index is 7.41. The van der Waals surface area contributed by atoms with Crippen LogP contribution in [0.15, 0.2) is 133 Å². The van der Waals surface area contributed by atoms with Gasteiger partial charge in [-0.1, -0.05) is 133 Å². The molecule has 6 aromatic rings. The predicted molar refractivity (Wildman–Crippen MR) is 219 cm³/mol. The molecule has 0 spiro atoms. The Kier molecular flexibility index (Phi) is 9.83. The highest BCUT2D eigenvalue weighted by molar-refractivity contribution is 7.80. The van der Waals surface area contributed by atoms with Crippen LogP contribution in [0.4, 0.5) is 0 Å². The first-order valence-corrected chi connectivity index (χ1v) is 21.0. The summed E-state index contributed by atoms with van der Waals surface area (Å²) in [4.78, 5) is 0. The molecule has 256 valence electrons. The summed E-state index contributed by atoms with van der Waals surface area (Å²) in [6.45, 7) is 9.01. The third kappa shape index (κ3) is 6.78. The summed E-state index contributed by atoms with van der Waals surface area (Å²) in [5.74, 6) is 2.16. The minimum absolute atomic E-state index is 0.0492. The molecule has 1 unspecified atom stereocenters. The van der Waals surface area contributed by atoms with Crippen LogP contribution in [-0.4, -0.2) is 12.2 Å². The average molecular weight is 705 g/mol. The van der Waals surface area contributed by atoms with Gasteiger partial charge < -0.3 is 9.47 Å². The topological polar surface area (TPSA) is 18.5 Å². The zero-order valence-electron chi connectivity index (χ0n) is 30.1. The van der Waals surface area contributed by atoms with E-state index < -0.39 is 15.8 Å². The molecule has 0 N–H and O–H groups in total. The Bertz CT molecular complexity index is 1940. The van der Waals surface area contributed by atoms with E-state index in [0.717, 1.165) is 43.6 Å². The molecule has 4 heteroatoms. The highest BCUT2D eigenvalue weighted by atomic mass is 31.1. The first kappa shape index (κ1) is 33.9. The van der Waals surface area contributed by atoms with Crippen molar-refractivity contribution in [2.24, 2.45) is 0 Å². The van der Waals surface area contributed by atoms with Gasteiger partial charge in [0.05, 0.1) is 0 Å². The fourth-order valence-electron chi connectivity index (χ4n) is 7.93. The molecule has 2 aliphatic rings. The normalized spacial score (nSPS) is 16.9. The van der Waals surface area contributed by atoms with Gasteiger partial charge in [-0.2, -0.15) is 0 Å². The number of ether oxygens (including phenoxy) is 2. The molecule has 0 radical (unpaired) electrons. The van der Waals surface area contributed by atoms with Crippen molar-refractivity contribution >= 4 is 47.7 Å². The summed E-state index contributed by atoms with van der Waals surface area (Å²) in [7, 11) is -1.69. The van der Waals surface area contributed by atoms with Crippen molar-refractivity contribution in [1.82, 2.24) is 0 Å². The lowest BCUT2D eigenvalue weighted by atomic mass is 10.0. The Morgan fingerprint density at radius 2 is 0.706 bits per heavy atom. The quantitative estimate of drug-likeness (QED) is 0.161. The molecule has 2 aliphatic heterocycles. The number of aryl methyl sites for hydroxylation is 4. The maximum Gasteiger partial charge on any atom is 0.131 e. The smallest absolute Gasteiger partial charge is 0.131 e. The Hall–Kier alpha value is -4.22. The number of hydrogen-bond acceptors (Lipinski definition) is 2. The van der Waals surface area contributed by atoms with Crippen molar-refractivity contribution in [3.63, 3.8) is 0 Å². The van der Waals surface area contributed by atoms with E-state index in [1.54, 1.807) is 0 Å². The highest BCUT2D eigenvalue weighted by Gasteiger charge is 2.33. The zero-order chi connectivity index (χ0) is 34.9. The molecule has 8 rings (SSSR count). The predicted octanol–water partition coefficient (Wildman–Crippen LogP) is 8.91. The van der Waals surface area contributed by atoms with Crippen molar-refractivity contribution in [3.05, 3.63) is 167 Å². The molecular formula is C47H46O2P2. The SMILES string of the molecule is Cc1ccccc1P(c1ccccc1C)c1cccc2c1OC1CCC[C@H](C2)Oc2c(cccc2P(c2ccccc2C)c2ccccc2C)C1. The molecule has 0 saturated carbocycles. The molecule has 51 heavy (non-hydrogen) atoms. The first-order chi connectivity index (χ1) is 25.0. The Labute approximate surface area is 306 Å². The molecule has 2 nitrogen and oxygen atoms in total. The van der Waals surface area contributed by atoms with Crippen LogP contribution in [0.2, 0.25) is 0 Å². The number of rotatable bonds is 6. The minimum Gasteiger partial charge on any atom is -0.489 e. The number of benzene rings is 6. The number of hydrogen-bond donors (Lipinski definition) is 0. The second-order valence-electron chi connectivity index (χ2n) is 14.2. The fraction of sp³-hybridized carbons (Fsp3) is 0.234. The maximum atomic E-state index is 7.41. The molecule has 0 saturated heterocycles. The van der Waals surface area contributed by atoms with E-state index in [0.29, 0.717) is 0 Å². The molecule has 0 aromatic heterocycles. The first-order valence-electron chi connectivity index (χ1n) is 18.4. The molecule has 0 fully saturated rings. The van der Waals surface area contributed by atoms with Gasteiger partial charge in [-0.3, -0.25) is 0 Å². The van der Waals surface area contributed by atoms with Gasteiger partial charge >= 0.3 is 0 Å². The van der Waals surface area contributed by atoms with Gasteiger partial charge in [0.15, 0.2) is 0 Å². The lowest BCUT2D eigenvalue weighted by Gasteiger charge is -2.31. The van der Waals surface area contributed by atoms with Gasteiger partial charge in [0.1, 0.15) is 23.7 Å². The molecular weight excluding hydrogens is 658 g/mol. The molecule has 6 aromatic carbocycles. The Morgan fingerprint density at radius 1 is 0.392 bits per heavy atom. The summed E-state index contributed by atoms with van der Waals surface area (Å²) in [5, 5.41) is 8.20. The van der Waals surface area contributed by atoms with Gasteiger partial charge in [-0.15, -0.1) is 0 Å². The standard InChI is InChI=1S/C47H46O2P2/c1-32-16-5-9-24-40(32)50(41-25-10-6-17-33(41)2)44-28-13-20-36-30-39-23-15-22-38(48-46(36)44)31-37-21-14-29-45(47(37)49-39)51(42-26-11-7-18-34(42)3)43-27-12-8-19-35(43)4/h5-14,16-21,24-29,38-39H,15,22-23,30-31H2,1-4H3/t38-,39?/m1/s1. The van der Waals surface area contributed by atoms with Crippen LogP contribution >= 0.6 is 15.8 Å². The second kappa shape index (κ2) is 14.8. The Morgan fingerprint density at radius 3 is 1.04 bits per heavy atom. The van der Waals surface area contributed by atoms with Crippen LogP contribution in [0.3, 0.4) is 0 Å². The van der Waals surface area contributed by atoms with E-state index >= 15 is 0 Å². The second-order valence-corrected chi connectivity index (χ2v) is 18.4. The monoisotopic (exact) mass is 704 g/mol. The van der Waals surface area contributed by atoms with E-state index in [1.165, 1.54) is 65.2 Å². The molecule has 0 amide bonds. The van der Waals surface area contributed by atoms with E-state index in [9.17, 15) is 0 Å². The van der Waals surface area contributed by atoms with E-state index in [4.69, 9.17) is 9.47 Å². The number of fused-ring (bicyclic) bond motifs is 6. The van der Waals surface area contributed by atoms with Crippen LogP contribution in [0.5, 0.6) is 11.5 Å². The number of para-hydroxylation sites is 2. The minimum atomic E-state index is -0.844. The Balaban J connectivity index is 1.27. The van der Waals surface area contributed by atoms with Crippen LogP contribution in [0.1, 0.15) is 52.6 Å². The fourth-order valence-corrected chi connectivity index (χ4v) is 13.4. The molecule has 2 atom stereocenters. The van der Waals surface area contributed by atoms with Gasteiger partial charge in [0.25, 0.3) is 0 Å². The van der Waals surface area contributed by atoms with Gasteiger partial charge in [-0.05, 0) is 117 Å². The van der Waals surface area contributed by atoms with Gasteiger partial charge in [0, 0.05) is 23.5 Å². The summed E-state index contributed by atoms with van der Waals surface area (Å²) in [6, 6.07) is 49.5. The van der Waals surface area contributed by atoms with Crippen LogP contribution in [0.25, 0.3) is 0 Å². The highest BCUT2D eigenvalue weighted by Crippen LogP contribution is 2.44. The van der Waals surface area contributed by atoms with Gasteiger partial charge in [-0.25, -0.2) is 0 Å². The van der Waals surface area contributed by atoms with Crippen molar-refractivity contribution < 1.29 is 9.47 Å². The average Bonchev–Trinajstić information content (AvgIpc) is 3.28. The van der Waals surface area contributed by atoms with E-state index in [1.807, 2.05) is 0 Å². The van der Waals surface area contributed by atoms with Crippen molar-refractivity contribution in [1.29, 1.82) is 0 Å². The molecule has 2 heterocycles. The molecule has 2 bridgehead atoms. The van der Waals surface area contributed by atoms with Crippen molar-refractivity contribution in [3.8, 4) is 11.5 Å². The third-order valence-electron chi connectivity index (χ3n) is 10.6. The summed E-state index contributed by atoms with van der Waals surface area (Å²) >= 11 is 0. The molecule has 0 aliphatic carbocycles. The summed E-state index contributed by atoms with van der Waals surface area (Å²) in [5.41, 5.74) is 7.83. The van der Waals surface area contributed by atoms with Crippen molar-refractivity contribution in [2.75, 3.05) is 0 Å². The van der Waals surface area contributed by atoms with E-state index in [2.05, 4.69) is 161 Å². The summed E-state index contributed by atoms with van der Waals surface area (Å²) in [6.07, 6.45) is 4.84. The lowest BCUT2D eigenvalue weighted by Crippen LogP contribution is -2.31. The van der Waals surface area contributed by atoms with Crippen LogP contribution < -0.4 is 41.3 Å². The summed E-state index contributed by atoms with van der Waals surface area (Å²) < 4.78 is 14.8.